The van der Waals surface area contributed by atoms with Gasteiger partial charge in [0.15, 0.2) is 5.76 Å². The maximum absolute atomic E-state index is 11.9. The van der Waals surface area contributed by atoms with Crippen LogP contribution >= 0.6 is 0 Å². The Balaban J connectivity index is 2.08. The predicted molar refractivity (Wildman–Crippen MR) is 62.2 cm³/mol. The second-order valence-electron chi connectivity index (χ2n) is 4.14. The Morgan fingerprint density at radius 1 is 1.37 bits per heavy atom. The van der Waals surface area contributed by atoms with E-state index in [2.05, 4.69) is 4.74 Å². The Bertz CT molecular complexity index is 599. The van der Waals surface area contributed by atoms with Crippen LogP contribution in [0.1, 0.15) is 16.1 Å². The lowest BCUT2D eigenvalue weighted by molar-refractivity contribution is -0.171. The lowest BCUT2D eigenvalue weighted by Crippen LogP contribution is -2.20. The van der Waals surface area contributed by atoms with E-state index in [9.17, 15) is 18.0 Å². The zero-order valence-corrected chi connectivity index (χ0v) is 10.1. The minimum atomic E-state index is -4.44. The summed E-state index contributed by atoms with van der Waals surface area (Å²) in [6.07, 6.45) is -4.44. The van der Waals surface area contributed by atoms with Gasteiger partial charge in [0.05, 0.1) is 0 Å². The largest absolute Gasteiger partial charge is 0.453 e. The van der Waals surface area contributed by atoms with Crippen molar-refractivity contribution in [3.05, 3.63) is 35.6 Å². The van der Waals surface area contributed by atoms with Crippen LogP contribution in [0.25, 0.3) is 11.0 Å². The molecule has 1 aromatic carbocycles. The van der Waals surface area contributed by atoms with Crippen LogP contribution < -0.4 is 0 Å². The molecule has 0 unspecified atom stereocenters. The van der Waals surface area contributed by atoms with Crippen molar-refractivity contribution in [1.82, 2.24) is 0 Å². The van der Waals surface area contributed by atoms with Gasteiger partial charge in [-0.15, -0.1) is 0 Å². The number of hydrogen-bond donors (Lipinski definition) is 0. The maximum Gasteiger partial charge on any atom is 0.411 e. The van der Waals surface area contributed by atoms with Crippen molar-refractivity contribution in [2.24, 2.45) is 0 Å². The lowest BCUT2D eigenvalue weighted by atomic mass is 10.2. The maximum atomic E-state index is 11.9. The summed E-state index contributed by atoms with van der Waals surface area (Å²) in [5.74, 6) is -0.605. The van der Waals surface area contributed by atoms with Gasteiger partial charge in [-0.3, -0.25) is 4.79 Å². The first-order chi connectivity index (χ1) is 8.87. The number of hydrogen-bond acceptors (Lipinski definition) is 3. The van der Waals surface area contributed by atoms with E-state index >= 15 is 0 Å². The molecule has 0 saturated carbocycles. The molecule has 3 nitrogen and oxygen atoms in total. The number of carbonyl (C=O) groups excluding carboxylic acids is 1. The number of aryl methyl sites for hydroxylation is 1. The number of carbonyl (C=O) groups is 1. The molecule has 0 saturated heterocycles. The molecule has 0 spiro atoms. The number of para-hydroxylation sites is 1. The van der Waals surface area contributed by atoms with E-state index in [1.54, 1.807) is 6.07 Å². The smallest absolute Gasteiger partial charge is 0.411 e. The predicted octanol–water partition coefficient (Wildman–Crippen LogP) is 3.50. The van der Waals surface area contributed by atoms with Crippen LogP contribution in [0.5, 0.6) is 0 Å². The van der Waals surface area contributed by atoms with Crippen molar-refractivity contribution in [1.29, 1.82) is 0 Å². The summed E-state index contributed by atoms with van der Waals surface area (Å²) in [6.45, 7) is -0.281. The molecule has 0 aliphatic rings. The highest BCUT2D eigenvalue weighted by atomic mass is 19.4. The summed E-state index contributed by atoms with van der Waals surface area (Å²) in [5.41, 5.74) is 1.41. The van der Waals surface area contributed by atoms with E-state index < -0.39 is 25.2 Å². The Morgan fingerprint density at radius 3 is 2.74 bits per heavy atom. The van der Waals surface area contributed by atoms with E-state index in [1.807, 2.05) is 19.1 Å². The van der Waals surface area contributed by atoms with Gasteiger partial charge < -0.3 is 9.15 Å². The molecule has 19 heavy (non-hydrogen) atoms. The van der Waals surface area contributed by atoms with Crippen molar-refractivity contribution >= 4 is 16.8 Å². The zero-order chi connectivity index (χ0) is 14.0. The fourth-order valence-corrected chi connectivity index (χ4v) is 1.68. The summed E-state index contributed by atoms with van der Waals surface area (Å²) in [6, 6.07) is 6.89. The third-order valence-electron chi connectivity index (χ3n) is 2.51. The SMILES string of the molecule is Cc1cccc2cc(C(=O)COCC(F)(F)F)oc12. The van der Waals surface area contributed by atoms with Gasteiger partial charge in [0.1, 0.15) is 18.8 Å². The number of fused-ring (bicyclic) bond motifs is 1. The molecule has 0 atom stereocenters. The van der Waals surface area contributed by atoms with Gasteiger partial charge in [0.2, 0.25) is 5.78 Å². The Kier molecular flexibility index (Phi) is 3.61. The molecule has 0 radical (unpaired) electrons. The van der Waals surface area contributed by atoms with Gasteiger partial charge in [-0.25, -0.2) is 0 Å². The van der Waals surface area contributed by atoms with Gasteiger partial charge in [0, 0.05) is 5.39 Å². The third kappa shape index (κ3) is 3.35. The van der Waals surface area contributed by atoms with Crippen molar-refractivity contribution in [3.8, 4) is 0 Å². The van der Waals surface area contributed by atoms with E-state index in [1.165, 1.54) is 6.07 Å². The molecule has 1 aromatic heterocycles. The summed E-state index contributed by atoms with van der Waals surface area (Å²) in [5, 5.41) is 0.735. The zero-order valence-electron chi connectivity index (χ0n) is 10.1. The molecule has 0 amide bonds. The van der Waals surface area contributed by atoms with Crippen LogP contribution in [-0.4, -0.2) is 25.2 Å². The molecular weight excluding hydrogens is 261 g/mol. The van der Waals surface area contributed by atoms with E-state index in [4.69, 9.17) is 4.42 Å². The van der Waals surface area contributed by atoms with Crippen LogP contribution in [0.3, 0.4) is 0 Å². The van der Waals surface area contributed by atoms with Crippen molar-refractivity contribution < 1.29 is 27.1 Å². The second kappa shape index (κ2) is 5.05. The highest BCUT2D eigenvalue weighted by molar-refractivity contribution is 5.98. The monoisotopic (exact) mass is 272 g/mol. The average molecular weight is 272 g/mol. The van der Waals surface area contributed by atoms with Crippen LogP contribution in [0.2, 0.25) is 0 Å². The highest BCUT2D eigenvalue weighted by Gasteiger charge is 2.28. The van der Waals surface area contributed by atoms with E-state index in [0.29, 0.717) is 5.58 Å². The molecule has 102 valence electrons. The molecule has 0 aliphatic heterocycles. The van der Waals surface area contributed by atoms with Crippen LogP contribution in [0.15, 0.2) is 28.7 Å². The fourth-order valence-electron chi connectivity index (χ4n) is 1.68. The molecule has 0 fully saturated rings. The van der Waals surface area contributed by atoms with Crippen molar-refractivity contribution in [2.75, 3.05) is 13.2 Å². The Labute approximate surface area is 107 Å². The summed E-state index contributed by atoms with van der Waals surface area (Å²) < 4.78 is 45.2. The van der Waals surface area contributed by atoms with Gasteiger partial charge in [-0.1, -0.05) is 18.2 Å². The number of Topliss-reactive ketones (excluding diaryl/α,β-unsaturated/α-hetero) is 1. The number of halogens is 3. The molecule has 0 aliphatic carbocycles. The standard InChI is InChI=1S/C13H11F3O3/c1-8-3-2-4-9-5-11(19-12(8)9)10(17)6-18-7-13(14,15)16/h2-5H,6-7H2,1H3. The topological polar surface area (TPSA) is 39.4 Å². The number of ether oxygens (including phenoxy) is 1. The molecule has 0 bridgehead atoms. The normalized spacial score (nSPS) is 12.0. The van der Waals surface area contributed by atoms with E-state index in [-0.39, 0.29) is 5.76 Å². The molecular formula is C13H11F3O3. The van der Waals surface area contributed by atoms with Gasteiger partial charge >= 0.3 is 6.18 Å². The minimum absolute atomic E-state index is 0.00599. The number of furan rings is 1. The van der Waals surface area contributed by atoms with Crippen molar-refractivity contribution in [3.63, 3.8) is 0 Å². The van der Waals surface area contributed by atoms with Gasteiger partial charge in [0.25, 0.3) is 0 Å². The molecule has 6 heteroatoms. The third-order valence-corrected chi connectivity index (χ3v) is 2.51. The number of benzene rings is 1. The average Bonchev–Trinajstić information content (AvgIpc) is 2.72. The second-order valence-corrected chi connectivity index (χ2v) is 4.14. The summed E-state index contributed by atoms with van der Waals surface area (Å²) >= 11 is 0. The number of alkyl halides is 3. The van der Waals surface area contributed by atoms with E-state index in [0.717, 1.165) is 10.9 Å². The highest BCUT2D eigenvalue weighted by Crippen LogP contribution is 2.23. The first kappa shape index (κ1) is 13.6. The summed E-state index contributed by atoms with van der Waals surface area (Å²) in [4.78, 5) is 11.6. The molecule has 2 aromatic rings. The molecule has 2 rings (SSSR count). The number of ketones is 1. The lowest BCUT2D eigenvalue weighted by Gasteiger charge is -2.05. The van der Waals surface area contributed by atoms with Gasteiger partial charge in [-0.2, -0.15) is 13.2 Å². The number of rotatable bonds is 4. The quantitative estimate of drug-likeness (QED) is 0.800. The molecule has 1 heterocycles. The van der Waals surface area contributed by atoms with Gasteiger partial charge in [-0.05, 0) is 18.6 Å². The minimum Gasteiger partial charge on any atom is -0.453 e. The first-order valence-electron chi connectivity index (χ1n) is 5.54. The summed E-state index contributed by atoms with van der Waals surface area (Å²) in [7, 11) is 0. The molecule has 0 N–H and O–H groups in total. The fraction of sp³-hybridized carbons (Fsp3) is 0.308. The van der Waals surface area contributed by atoms with Crippen molar-refractivity contribution in [2.45, 2.75) is 13.1 Å². The van der Waals surface area contributed by atoms with Crippen LogP contribution in [-0.2, 0) is 4.74 Å². The van der Waals surface area contributed by atoms with Crippen LogP contribution in [0, 0.1) is 6.92 Å². The van der Waals surface area contributed by atoms with Crippen LogP contribution in [0.4, 0.5) is 13.2 Å². The first-order valence-corrected chi connectivity index (χ1v) is 5.54. The Hall–Kier alpha value is -1.82. The Morgan fingerprint density at radius 2 is 2.11 bits per heavy atom.